The van der Waals surface area contributed by atoms with Gasteiger partial charge in [0.2, 0.25) is 0 Å². The second kappa shape index (κ2) is 6.31. The number of nitrogens with zero attached hydrogens (tertiary/aromatic N) is 2. The minimum atomic E-state index is -1.49. The van der Waals surface area contributed by atoms with Crippen LogP contribution in [-0.2, 0) is 11.5 Å². The lowest BCUT2D eigenvalue weighted by Gasteiger charge is -2.15. The maximum atomic E-state index is 9.45. The third kappa shape index (κ3) is 3.94. The van der Waals surface area contributed by atoms with E-state index in [1.54, 1.807) is 12.3 Å². The third-order valence-corrected chi connectivity index (χ3v) is 5.19. The van der Waals surface area contributed by atoms with Gasteiger partial charge in [-0.2, -0.15) is 0 Å². The van der Waals surface area contributed by atoms with E-state index in [9.17, 15) is 10.0 Å². The number of aryl methyl sites for hydroxylation is 1. The largest absolute Gasteiger partial charge is 0.489 e. The van der Waals surface area contributed by atoms with Crippen molar-refractivity contribution in [3.05, 3.63) is 24.0 Å². The Morgan fingerprint density at radius 2 is 2.05 bits per heavy atom. The van der Waals surface area contributed by atoms with E-state index in [0.717, 1.165) is 29.2 Å². The summed E-state index contributed by atoms with van der Waals surface area (Å²) in [6.45, 7) is 10.1. The predicted molar refractivity (Wildman–Crippen MR) is 88.4 cm³/mol. The van der Waals surface area contributed by atoms with E-state index in [1.807, 2.05) is 17.7 Å². The maximum absolute atomic E-state index is 9.45. The minimum Gasteiger partial charge on any atom is -0.423 e. The fraction of sp³-hybridized carbons (Fsp3) is 0.500. The molecule has 0 atom stereocenters. The Kier molecular flexibility index (Phi) is 4.88. The number of rotatable bonds is 6. The second-order valence-electron chi connectivity index (χ2n) is 6.60. The van der Waals surface area contributed by atoms with Gasteiger partial charge >= 0.3 is 7.12 Å². The first-order valence-electron chi connectivity index (χ1n) is 7.18. The highest BCUT2D eigenvalue weighted by Gasteiger charge is 2.19. The SMILES string of the molecule is Cc1cn(COCC[Si](C)(C)C)c2nccc(B(O)O)c12. The Balaban J connectivity index is 2.17. The Bertz CT molecular complexity index is 622. The molecule has 0 radical (unpaired) electrons. The molecule has 0 aliphatic rings. The van der Waals surface area contributed by atoms with Gasteiger partial charge < -0.3 is 19.4 Å². The minimum absolute atomic E-state index is 0.437. The van der Waals surface area contributed by atoms with Crippen molar-refractivity contribution >= 4 is 31.7 Å². The quantitative estimate of drug-likeness (QED) is 0.624. The van der Waals surface area contributed by atoms with E-state index in [0.29, 0.717) is 12.2 Å². The Morgan fingerprint density at radius 1 is 1.33 bits per heavy atom. The van der Waals surface area contributed by atoms with Crippen LogP contribution in [-0.4, -0.2) is 41.4 Å². The molecular formula is C14H23BN2O3Si. The monoisotopic (exact) mass is 306 g/mol. The highest BCUT2D eigenvalue weighted by molar-refractivity contribution is 6.76. The van der Waals surface area contributed by atoms with Crippen molar-refractivity contribution in [1.29, 1.82) is 0 Å². The van der Waals surface area contributed by atoms with Crippen LogP contribution in [0.4, 0.5) is 0 Å². The van der Waals surface area contributed by atoms with Crippen LogP contribution in [0.1, 0.15) is 5.56 Å². The predicted octanol–water partition coefficient (Wildman–Crippen LogP) is 1.34. The van der Waals surface area contributed by atoms with Gasteiger partial charge in [0.15, 0.2) is 0 Å². The van der Waals surface area contributed by atoms with Crippen molar-refractivity contribution in [3.8, 4) is 0 Å². The van der Waals surface area contributed by atoms with Crippen molar-refractivity contribution in [2.75, 3.05) is 6.61 Å². The summed E-state index contributed by atoms with van der Waals surface area (Å²) < 4.78 is 7.67. The lowest BCUT2D eigenvalue weighted by Crippen LogP contribution is -2.30. The average molecular weight is 306 g/mol. The molecule has 0 saturated carbocycles. The van der Waals surface area contributed by atoms with Gasteiger partial charge in [0.1, 0.15) is 12.4 Å². The van der Waals surface area contributed by atoms with Gasteiger partial charge in [0.25, 0.3) is 0 Å². The summed E-state index contributed by atoms with van der Waals surface area (Å²) in [5, 5.41) is 19.7. The van der Waals surface area contributed by atoms with Crippen molar-refractivity contribution < 1.29 is 14.8 Å². The van der Waals surface area contributed by atoms with Crippen LogP contribution in [0.3, 0.4) is 0 Å². The van der Waals surface area contributed by atoms with E-state index >= 15 is 0 Å². The first-order valence-corrected chi connectivity index (χ1v) is 10.9. The zero-order chi connectivity index (χ0) is 15.6. The van der Waals surface area contributed by atoms with E-state index in [4.69, 9.17) is 4.74 Å². The number of aromatic nitrogens is 2. The van der Waals surface area contributed by atoms with Gasteiger partial charge in [-0.05, 0) is 30.1 Å². The summed E-state index contributed by atoms with van der Waals surface area (Å²) in [7, 11) is -2.57. The molecule has 21 heavy (non-hydrogen) atoms. The van der Waals surface area contributed by atoms with E-state index < -0.39 is 15.2 Å². The van der Waals surface area contributed by atoms with E-state index in [-0.39, 0.29) is 0 Å². The van der Waals surface area contributed by atoms with Gasteiger partial charge in [-0.3, -0.25) is 0 Å². The molecule has 0 bridgehead atoms. The fourth-order valence-electron chi connectivity index (χ4n) is 2.30. The molecule has 0 amide bonds. The van der Waals surface area contributed by atoms with E-state index in [1.165, 1.54) is 0 Å². The van der Waals surface area contributed by atoms with Gasteiger partial charge in [-0.1, -0.05) is 19.6 Å². The Morgan fingerprint density at radius 3 is 2.67 bits per heavy atom. The summed E-state index contributed by atoms with van der Waals surface area (Å²) in [6.07, 6.45) is 3.53. The van der Waals surface area contributed by atoms with Crippen LogP contribution >= 0.6 is 0 Å². The smallest absolute Gasteiger partial charge is 0.423 e. The molecule has 5 nitrogen and oxygen atoms in total. The molecular weight excluding hydrogens is 283 g/mol. The number of ether oxygens (including phenoxy) is 1. The number of fused-ring (bicyclic) bond motifs is 1. The van der Waals surface area contributed by atoms with E-state index in [2.05, 4.69) is 24.6 Å². The van der Waals surface area contributed by atoms with Crippen LogP contribution in [0.25, 0.3) is 11.0 Å². The summed E-state index contributed by atoms with van der Waals surface area (Å²) in [5.74, 6) is 0. The molecule has 0 aromatic carbocycles. The van der Waals surface area contributed by atoms with Crippen molar-refractivity contribution in [3.63, 3.8) is 0 Å². The summed E-state index contributed by atoms with van der Waals surface area (Å²) in [5.41, 5.74) is 2.18. The number of pyridine rings is 1. The van der Waals surface area contributed by atoms with Crippen LogP contribution in [0, 0.1) is 6.92 Å². The first-order chi connectivity index (χ1) is 9.79. The molecule has 2 heterocycles. The van der Waals surface area contributed by atoms with Gasteiger partial charge in [-0.15, -0.1) is 0 Å². The lowest BCUT2D eigenvalue weighted by molar-refractivity contribution is 0.0898. The van der Waals surface area contributed by atoms with Crippen molar-refractivity contribution in [2.24, 2.45) is 0 Å². The lowest BCUT2D eigenvalue weighted by atomic mass is 9.78. The molecule has 114 valence electrons. The standard InChI is InChI=1S/C14H23BN2O3Si/c1-11-9-17(10-20-7-8-21(2,3)4)14-13(11)12(15(18)19)5-6-16-14/h5-6,9,18-19H,7-8,10H2,1-4H3. The molecule has 2 aromatic heterocycles. The number of hydrogen-bond donors (Lipinski definition) is 2. The van der Waals surface area contributed by atoms with Crippen LogP contribution < -0.4 is 5.46 Å². The average Bonchev–Trinajstić information content (AvgIpc) is 2.71. The molecule has 7 heteroatoms. The van der Waals surface area contributed by atoms with Gasteiger partial charge in [0, 0.05) is 32.5 Å². The van der Waals surface area contributed by atoms with Crippen LogP contribution in [0.15, 0.2) is 18.5 Å². The molecule has 2 N–H and O–H groups in total. The third-order valence-electron chi connectivity index (χ3n) is 3.48. The normalized spacial score (nSPS) is 12.1. The first kappa shape index (κ1) is 16.2. The second-order valence-corrected chi connectivity index (χ2v) is 12.2. The van der Waals surface area contributed by atoms with Gasteiger partial charge in [0.05, 0.1) is 0 Å². The fourth-order valence-corrected chi connectivity index (χ4v) is 3.06. The molecule has 0 aliphatic carbocycles. The molecule has 2 rings (SSSR count). The molecule has 0 spiro atoms. The summed E-state index contributed by atoms with van der Waals surface area (Å²) in [4.78, 5) is 4.34. The van der Waals surface area contributed by atoms with Crippen molar-refractivity contribution in [1.82, 2.24) is 9.55 Å². The zero-order valence-electron chi connectivity index (χ0n) is 13.1. The number of hydrogen-bond acceptors (Lipinski definition) is 4. The summed E-state index contributed by atoms with van der Waals surface area (Å²) >= 11 is 0. The van der Waals surface area contributed by atoms with Crippen molar-refractivity contribution in [2.45, 2.75) is 39.3 Å². The Hall–Kier alpha value is -1.15. The highest BCUT2D eigenvalue weighted by Crippen LogP contribution is 2.17. The van der Waals surface area contributed by atoms with Crippen LogP contribution in [0.5, 0.6) is 0 Å². The highest BCUT2D eigenvalue weighted by atomic mass is 28.3. The topological polar surface area (TPSA) is 67.5 Å². The molecule has 0 saturated heterocycles. The summed E-state index contributed by atoms with van der Waals surface area (Å²) in [6, 6.07) is 2.76. The molecule has 0 unspecified atom stereocenters. The molecule has 0 fully saturated rings. The van der Waals surface area contributed by atoms with Gasteiger partial charge in [-0.25, -0.2) is 4.98 Å². The van der Waals surface area contributed by atoms with Crippen LogP contribution in [0.2, 0.25) is 25.7 Å². The molecule has 0 aliphatic heterocycles. The zero-order valence-corrected chi connectivity index (χ0v) is 14.1. The maximum Gasteiger partial charge on any atom is 0.489 e. The molecule has 2 aromatic rings. The Labute approximate surface area is 126 Å².